The molecule has 1 fully saturated rings. The van der Waals surface area contributed by atoms with Crippen LogP contribution in [-0.2, 0) is 4.74 Å². The molecule has 0 bridgehead atoms. The van der Waals surface area contributed by atoms with Crippen LogP contribution in [0.2, 0.25) is 0 Å². The van der Waals surface area contributed by atoms with Crippen molar-refractivity contribution in [2.45, 2.75) is 18.6 Å². The van der Waals surface area contributed by atoms with Gasteiger partial charge in [0.05, 0.1) is 24.3 Å². The fourth-order valence-electron chi connectivity index (χ4n) is 2.28. The van der Waals surface area contributed by atoms with Crippen molar-refractivity contribution in [2.24, 2.45) is 0 Å². The minimum atomic E-state index is -0.572. The first-order chi connectivity index (χ1) is 9.06. The number of hydrogen-bond donors (Lipinski definition) is 1. The number of halogens is 2. The number of rotatable bonds is 3. The van der Waals surface area contributed by atoms with Crippen LogP contribution in [0.1, 0.15) is 16.8 Å². The minimum absolute atomic E-state index is 0.0124. The molecule has 1 saturated heterocycles. The van der Waals surface area contributed by atoms with Crippen LogP contribution in [0.15, 0.2) is 22.7 Å². The first-order valence-electron chi connectivity index (χ1n) is 5.96. The van der Waals surface area contributed by atoms with Gasteiger partial charge in [-0.25, -0.2) is 4.39 Å². The highest BCUT2D eigenvalue weighted by molar-refractivity contribution is 9.10. The van der Waals surface area contributed by atoms with Crippen molar-refractivity contribution >= 4 is 21.8 Å². The molecule has 19 heavy (non-hydrogen) atoms. The van der Waals surface area contributed by atoms with Gasteiger partial charge in [0.25, 0.3) is 5.91 Å². The molecule has 2 atom stereocenters. The van der Waals surface area contributed by atoms with Crippen LogP contribution in [0, 0.1) is 5.82 Å². The molecule has 0 spiro atoms. The number of nitrogens with zero attached hydrogens (tertiary/aromatic N) is 1. The summed E-state index contributed by atoms with van der Waals surface area (Å²) in [7, 11) is 1.56. The summed E-state index contributed by atoms with van der Waals surface area (Å²) < 4.78 is 19.6. The maximum Gasteiger partial charge on any atom is 0.257 e. The summed E-state index contributed by atoms with van der Waals surface area (Å²) in [5.41, 5.74) is 0.0124. The van der Waals surface area contributed by atoms with Crippen molar-refractivity contribution in [3.05, 3.63) is 34.1 Å². The molecule has 104 valence electrons. The first kappa shape index (κ1) is 14.4. The molecule has 1 aliphatic heterocycles. The third kappa shape index (κ3) is 2.96. The summed E-state index contributed by atoms with van der Waals surface area (Å²) in [5.74, 6) is -0.986. The quantitative estimate of drug-likeness (QED) is 0.919. The summed E-state index contributed by atoms with van der Waals surface area (Å²) in [6.07, 6.45) is 0.455. The van der Waals surface area contributed by atoms with Gasteiger partial charge in [-0.05, 0) is 24.6 Å². The van der Waals surface area contributed by atoms with Gasteiger partial charge in [0.15, 0.2) is 0 Å². The van der Waals surface area contributed by atoms with Crippen molar-refractivity contribution in [1.29, 1.82) is 0 Å². The lowest BCUT2D eigenvalue weighted by molar-refractivity contribution is 0.0643. The molecule has 4 nitrogen and oxygen atoms in total. The van der Waals surface area contributed by atoms with Gasteiger partial charge in [-0.15, -0.1) is 0 Å². The molecule has 2 rings (SSSR count). The Bertz CT molecular complexity index is 483. The van der Waals surface area contributed by atoms with Gasteiger partial charge in [-0.2, -0.15) is 0 Å². The number of methoxy groups -OCH3 is 1. The molecule has 1 N–H and O–H groups in total. The normalized spacial score (nSPS) is 22.8. The maximum atomic E-state index is 13.8. The van der Waals surface area contributed by atoms with Crippen LogP contribution >= 0.6 is 15.9 Å². The van der Waals surface area contributed by atoms with Crippen LogP contribution in [0.3, 0.4) is 0 Å². The monoisotopic (exact) mass is 331 g/mol. The Balaban J connectivity index is 2.23. The lowest BCUT2D eigenvalue weighted by Gasteiger charge is -2.23. The van der Waals surface area contributed by atoms with E-state index in [-0.39, 0.29) is 24.3 Å². The van der Waals surface area contributed by atoms with E-state index in [0.29, 0.717) is 17.4 Å². The summed E-state index contributed by atoms with van der Waals surface area (Å²) in [5, 5.41) is 9.31. The molecule has 0 aromatic heterocycles. The largest absolute Gasteiger partial charge is 0.394 e. The van der Waals surface area contributed by atoms with Crippen molar-refractivity contribution in [1.82, 2.24) is 4.90 Å². The fraction of sp³-hybridized carbons (Fsp3) is 0.462. The van der Waals surface area contributed by atoms with E-state index >= 15 is 0 Å². The van der Waals surface area contributed by atoms with Crippen LogP contribution in [0.5, 0.6) is 0 Å². The molecular formula is C13H15BrFNO3. The molecule has 0 unspecified atom stereocenters. The number of aliphatic hydroxyl groups excluding tert-OH is 1. The number of carbonyl (C=O) groups excluding carboxylic acids is 1. The second-order valence-corrected chi connectivity index (χ2v) is 5.43. The third-order valence-corrected chi connectivity index (χ3v) is 3.84. The van der Waals surface area contributed by atoms with E-state index in [2.05, 4.69) is 15.9 Å². The first-order valence-corrected chi connectivity index (χ1v) is 6.75. The third-order valence-electron chi connectivity index (χ3n) is 3.34. The van der Waals surface area contributed by atoms with Gasteiger partial charge in [-0.3, -0.25) is 4.79 Å². The molecule has 1 amide bonds. The van der Waals surface area contributed by atoms with Gasteiger partial charge in [0, 0.05) is 18.1 Å². The second-order valence-electron chi connectivity index (χ2n) is 4.51. The van der Waals surface area contributed by atoms with E-state index < -0.39 is 11.7 Å². The number of aliphatic hydroxyl groups is 1. The number of ether oxygens (including phenoxy) is 1. The number of likely N-dealkylation sites (tertiary alicyclic amines) is 1. The van der Waals surface area contributed by atoms with E-state index in [9.17, 15) is 14.3 Å². The predicted molar refractivity (Wildman–Crippen MR) is 71.4 cm³/mol. The Labute approximate surface area is 119 Å². The second kappa shape index (κ2) is 5.98. The molecule has 1 aromatic rings. The van der Waals surface area contributed by atoms with Crippen LogP contribution in [0.25, 0.3) is 0 Å². The van der Waals surface area contributed by atoms with E-state index in [0.717, 1.165) is 0 Å². The standard InChI is InChI=1S/C13H15BrFNO3/c1-19-10-5-9(7-17)16(6-10)13(18)11-3-2-8(14)4-12(11)15/h2-4,9-10,17H,5-7H2,1H3/t9-,10-/m0/s1. The van der Waals surface area contributed by atoms with Crippen LogP contribution < -0.4 is 0 Å². The van der Waals surface area contributed by atoms with E-state index in [4.69, 9.17) is 4.74 Å². The predicted octanol–water partition coefficient (Wildman–Crippen LogP) is 1.81. The van der Waals surface area contributed by atoms with E-state index in [1.54, 1.807) is 13.2 Å². The smallest absolute Gasteiger partial charge is 0.257 e. The Kier molecular flexibility index (Phi) is 4.54. The molecule has 1 aliphatic rings. The highest BCUT2D eigenvalue weighted by Crippen LogP contribution is 2.24. The number of carbonyl (C=O) groups is 1. The molecule has 1 aromatic carbocycles. The Hall–Kier alpha value is -0.980. The molecule has 1 heterocycles. The Morgan fingerprint density at radius 1 is 1.63 bits per heavy atom. The highest BCUT2D eigenvalue weighted by Gasteiger charge is 2.36. The van der Waals surface area contributed by atoms with Gasteiger partial charge < -0.3 is 14.7 Å². The minimum Gasteiger partial charge on any atom is -0.394 e. The summed E-state index contributed by atoms with van der Waals surface area (Å²) in [6.45, 7) is 0.222. The van der Waals surface area contributed by atoms with Crippen molar-refractivity contribution in [3.8, 4) is 0 Å². The molecule has 0 radical (unpaired) electrons. The van der Waals surface area contributed by atoms with Gasteiger partial charge >= 0.3 is 0 Å². The lowest BCUT2D eigenvalue weighted by atomic mass is 10.1. The zero-order valence-electron chi connectivity index (χ0n) is 10.5. The van der Waals surface area contributed by atoms with E-state index in [1.807, 2.05) is 0 Å². The SMILES string of the molecule is CO[C@H]1C[C@@H](CO)N(C(=O)c2ccc(Br)cc2F)C1. The summed E-state index contributed by atoms with van der Waals surface area (Å²) in [6, 6.07) is 4.00. The summed E-state index contributed by atoms with van der Waals surface area (Å²) in [4.78, 5) is 13.8. The van der Waals surface area contributed by atoms with Crippen molar-refractivity contribution in [3.63, 3.8) is 0 Å². The highest BCUT2D eigenvalue weighted by atomic mass is 79.9. The van der Waals surface area contributed by atoms with Crippen LogP contribution in [0.4, 0.5) is 4.39 Å². The zero-order chi connectivity index (χ0) is 14.0. The topological polar surface area (TPSA) is 49.8 Å². The van der Waals surface area contributed by atoms with Gasteiger partial charge in [0.2, 0.25) is 0 Å². The number of benzene rings is 1. The molecule has 0 aliphatic carbocycles. The fourth-order valence-corrected chi connectivity index (χ4v) is 2.62. The summed E-state index contributed by atoms with van der Waals surface area (Å²) >= 11 is 3.15. The van der Waals surface area contributed by atoms with Crippen molar-refractivity contribution < 1.29 is 19.0 Å². The number of hydrogen-bond acceptors (Lipinski definition) is 3. The maximum absolute atomic E-state index is 13.8. The molecule has 0 saturated carbocycles. The van der Waals surface area contributed by atoms with Crippen LogP contribution in [-0.4, -0.2) is 48.3 Å². The Morgan fingerprint density at radius 2 is 2.37 bits per heavy atom. The van der Waals surface area contributed by atoms with Crippen molar-refractivity contribution in [2.75, 3.05) is 20.3 Å². The number of amides is 1. The lowest BCUT2D eigenvalue weighted by Crippen LogP contribution is -2.38. The Morgan fingerprint density at radius 3 is 2.95 bits per heavy atom. The average Bonchev–Trinajstić information content (AvgIpc) is 2.81. The zero-order valence-corrected chi connectivity index (χ0v) is 12.1. The average molecular weight is 332 g/mol. The van der Waals surface area contributed by atoms with E-state index in [1.165, 1.54) is 17.0 Å². The van der Waals surface area contributed by atoms with Gasteiger partial charge in [0.1, 0.15) is 5.82 Å². The van der Waals surface area contributed by atoms with Gasteiger partial charge in [-0.1, -0.05) is 15.9 Å². The molecule has 6 heteroatoms. The molecular weight excluding hydrogens is 317 g/mol.